The lowest BCUT2D eigenvalue weighted by molar-refractivity contribution is 0.0491. The van der Waals surface area contributed by atoms with E-state index in [1.165, 1.54) is 16.7 Å². The third kappa shape index (κ3) is 9.13. The van der Waals surface area contributed by atoms with Gasteiger partial charge in [-0.15, -0.1) is 0 Å². The average Bonchev–Trinajstić information content (AvgIpc) is 2.84. The number of hydrogen-bond donors (Lipinski definition) is 2. The highest BCUT2D eigenvalue weighted by atomic mass is 16.3. The molecule has 3 nitrogen and oxygen atoms in total. The van der Waals surface area contributed by atoms with Gasteiger partial charge in [-0.05, 0) is 48.4 Å². The van der Waals surface area contributed by atoms with Gasteiger partial charge in [0.05, 0.1) is 6.10 Å². The lowest BCUT2D eigenvalue weighted by atomic mass is 9.97. The first-order chi connectivity index (χ1) is 16.1. The molecule has 0 radical (unpaired) electrons. The van der Waals surface area contributed by atoms with E-state index in [0.29, 0.717) is 12.5 Å². The number of aliphatic hydroxyl groups is 1. The molecule has 33 heavy (non-hydrogen) atoms. The van der Waals surface area contributed by atoms with E-state index in [9.17, 15) is 5.11 Å². The molecule has 2 N–H and O–H groups in total. The highest BCUT2D eigenvalue weighted by Gasteiger charge is 2.26. The molecule has 0 saturated carbocycles. The van der Waals surface area contributed by atoms with Crippen LogP contribution >= 0.6 is 0 Å². The minimum atomic E-state index is -0.435. The minimum Gasteiger partial charge on any atom is -0.390 e. The molecule has 0 aromatic heterocycles. The van der Waals surface area contributed by atoms with Crippen molar-refractivity contribution in [1.82, 2.24) is 10.2 Å². The molecule has 0 aliphatic rings. The van der Waals surface area contributed by atoms with Crippen LogP contribution in [0.1, 0.15) is 30.5 Å². The minimum absolute atomic E-state index is 0.0551. The van der Waals surface area contributed by atoms with Gasteiger partial charge in [-0.25, -0.2) is 0 Å². The Morgan fingerprint density at radius 1 is 0.667 bits per heavy atom. The summed E-state index contributed by atoms with van der Waals surface area (Å²) in [7, 11) is 0. The Kier molecular flexibility index (Phi) is 10.6. The lowest BCUT2D eigenvalue weighted by Gasteiger charge is -2.36. The molecule has 0 heterocycles. The highest BCUT2D eigenvalue weighted by molar-refractivity contribution is 5.18. The van der Waals surface area contributed by atoms with Crippen molar-refractivity contribution in [1.29, 1.82) is 0 Å². The van der Waals surface area contributed by atoms with Crippen molar-refractivity contribution < 1.29 is 5.11 Å². The zero-order valence-electron chi connectivity index (χ0n) is 20.2. The number of aliphatic hydroxyl groups excluding tert-OH is 1. The van der Waals surface area contributed by atoms with Gasteiger partial charge < -0.3 is 10.4 Å². The zero-order valence-corrected chi connectivity index (χ0v) is 20.2. The molecule has 3 heteroatoms. The van der Waals surface area contributed by atoms with Crippen LogP contribution in [0, 0.1) is 5.92 Å². The molecule has 0 fully saturated rings. The van der Waals surface area contributed by atoms with Crippen LogP contribution in [0.15, 0.2) is 91.0 Å². The summed E-state index contributed by atoms with van der Waals surface area (Å²) in [6.45, 7) is 7.79. The van der Waals surface area contributed by atoms with Gasteiger partial charge in [0.1, 0.15) is 0 Å². The van der Waals surface area contributed by atoms with Gasteiger partial charge in [-0.3, -0.25) is 4.90 Å². The fraction of sp³-hybridized carbons (Fsp3) is 0.400. The summed E-state index contributed by atoms with van der Waals surface area (Å²) in [5.41, 5.74) is 3.95. The second-order valence-electron chi connectivity index (χ2n) is 9.38. The maximum absolute atomic E-state index is 11.3. The van der Waals surface area contributed by atoms with Gasteiger partial charge in [0, 0.05) is 25.7 Å². The molecule has 0 bridgehead atoms. The van der Waals surface area contributed by atoms with Crippen molar-refractivity contribution >= 4 is 0 Å². The van der Waals surface area contributed by atoms with Crippen LogP contribution < -0.4 is 5.32 Å². The number of nitrogens with one attached hydrogen (secondary N) is 1. The van der Waals surface area contributed by atoms with Crippen molar-refractivity contribution in [3.63, 3.8) is 0 Å². The van der Waals surface area contributed by atoms with Crippen LogP contribution in [0.4, 0.5) is 0 Å². The third-order valence-electron chi connectivity index (χ3n) is 6.17. The van der Waals surface area contributed by atoms with E-state index in [1.807, 2.05) is 0 Å². The molecule has 3 aromatic rings. The second kappa shape index (κ2) is 13.9. The largest absolute Gasteiger partial charge is 0.390 e. The van der Waals surface area contributed by atoms with E-state index in [1.54, 1.807) is 0 Å². The highest BCUT2D eigenvalue weighted by Crippen LogP contribution is 2.16. The van der Waals surface area contributed by atoms with Crippen molar-refractivity contribution in [2.75, 3.05) is 26.2 Å². The van der Waals surface area contributed by atoms with Crippen molar-refractivity contribution in [2.45, 2.75) is 45.3 Å². The molecular weight excluding hydrogens is 404 g/mol. The van der Waals surface area contributed by atoms with Crippen molar-refractivity contribution in [2.24, 2.45) is 5.92 Å². The molecule has 0 saturated heterocycles. The van der Waals surface area contributed by atoms with Gasteiger partial charge in [-0.1, -0.05) is 105 Å². The predicted molar refractivity (Wildman–Crippen MR) is 140 cm³/mol. The van der Waals surface area contributed by atoms with E-state index in [-0.39, 0.29) is 6.04 Å². The fourth-order valence-corrected chi connectivity index (χ4v) is 4.30. The maximum atomic E-state index is 11.3. The molecule has 3 rings (SSSR count). The van der Waals surface area contributed by atoms with Crippen molar-refractivity contribution in [3.05, 3.63) is 108 Å². The Labute approximate surface area is 200 Å². The van der Waals surface area contributed by atoms with E-state index in [0.717, 1.165) is 38.9 Å². The lowest BCUT2D eigenvalue weighted by Crippen LogP contribution is -2.50. The number of hydrogen-bond acceptors (Lipinski definition) is 3. The Balaban J connectivity index is 1.77. The van der Waals surface area contributed by atoms with Crippen LogP contribution in [0.5, 0.6) is 0 Å². The topological polar surface area (TPSA) is 35.5 Å². The monoisotopic (exact) mass is 444 g/mol. The Morgan fingerprint density at radius 3 is 1.58 bits per heavy atom. The van der Waals surface area contributed by atoms with E-state index in [4.69, 9.17) is 0 Å². The van der Waals surface area contributed by atoms with Gasteiger partial charge in [-0.2, -0.15) is 0 Å². The predicted octanol–water partition coefficient (Wildman–Crippen LogP) is 4.99. The normalized spacial score (nSPS) is 13.4. The Bertz CT molecular complexity index is 839. The first-order valence-corrected chi connectivity index (χ1v) is 12.4. The third-order valence-corrected chi connectivity index (χ3v) is 6.17. The molecular formula is C30H40N2O. The van der Waals surface area contributed by atoms with Gasteiger partial charge in [0.15, 0.2) is 0 Å². The number of rotatable bonds is 14. The molecule has 0 amide bonds. The summed E-state index contributed by atoms with van der Waals surface area (Å²) >= 11 is 0. The first-order valence-electron chi connectivity index (χ1n) is 12.4. The van der Waals surface area contributed by atoms with Gasteiger partial charge in [0.25, 0.3) is 0 Å². The van der Waals surface area contributed by atoms with Gasteiger partial charge in [0.2, 0.25) is 0 Å². The standard InChI is InChI=1S/C30H40N2O/c1-25(2)23-31-24-30(33)29(22-28-16-10-5-11-17-28)32(20-18-26-12-6-3-7-13-26)21-19-27-14-8-4-9-15-27/h3-17,25,29-31,33H,18-24H2,1-2H3/t29-,30+/m0/s1. The first kappa shape index (κ1) is 25.2. The molecule has 0 aliphatic carbocycles. The molecule has 0 unspecified atom stereocenters. The van der Waals surface area contributed by atoms with Crippen LogP contribution in [0.25, 0.3) is 0 Å². The summed E-state index contributed by atoms with van der Waals surface area (Å²) in [6.07, 6.45) is 2.37. The summed E-state index contributed by atoms with van der Waals surface area (Å²) in [4.78, 5) is 2.51. The number of benzene rings is 3. The average molecular weight is 445 g/mol. The van der Waals surface area contributed by atoms with Crippen LogP contribution in [0.2, 0.25) is 0 Å². The smallest absolute Gasteiger partial charge is 0.0822 e. The zero-order chi connectivity index (χ0) is 23.3. The molecule has 3 aromatic carbocycles. The summed E-state index contributed by atoms with van der Waals surface area (Å²) < 4.78 is 0. The van der Waals surface area contributed by atoms with E-state index >= 15 is 0 Å². The van der Waals surface area contributed by atoms with Gasteiger partial charge >= 0.3 is 0 Å². The SMILES string of the molecule is CC(C)CNC[C@@H](O)[C@H](Cc1ccccc1)N(CCc1ccccc1)CCc1ccccc1. The molecule has 0 aliphatic heterocycles. The van der Waals surface area contributed by atoms with Crippen LogP contribution in [-0.4, -0.2) is 48.3 Å². The molecule has 0 spiro atoms. The maximum Gasteiger partial charge on any atom is 0.0822 e. The Morgan fingerprint density at radius 2 is 1.12 bits per heavy atom. The molecule has 176 valence electrons. The summed E-state index contributed by atoms with van der Waals surface area (Å²) in [5, 5.41) is 14.8. The Hall–Kier alpha value is -2.46. The molecule has 2 atom stereocenters. The fourth-order valence-electron chi connectivity index (χ4n) is 4.30. The van der Waals surface area contributed by atoms with E-state index < -0.39 is 6.10 Å². The van der Waals surface area contributed by atoms with Crippen molar-refractivity contribution in [3.8, 4) is 0 Å². The van der Waals surface area contributed by atoms with Crippen LogP contribution in [-0.2, 0) is 19.3 Å². The second-order valence-corrected chi connectivity index (χ2v) is 9.38. The summed E-state index contributed by atoms with van der Waals surface area (Å²) in [6, 6.07) is 32.0. The quantitative estimate of drug-likeness (QED) is 0.368. The van der Waals surface area contributed by atoms with E-state index in [2.05, 4.69) is 115 Å². The number of nitrogens with zero attached hydrogens (tertiary/aromatic N) is 1. The van der Waals surface area contributed by atoms with Crippen LogP contribution in [0.3, 0.4) is 0 Å². The summed E-state index contributed by atoms with van der Waals surface area (Å²) in [5.74, 6) is 0.567.